The summed E-state index contributed by atoms with van der Waals surface area (Å²) in [5.41, 5.74) is 2.89. The lowest BCUT2D eigenvalue weighted by atomic mass is 10.1. The van der Waals surface area contributed by atoms with Crippen LogP contribution in [0.3, 0.4) is 0 Å². The second-order valence-corrected chi connectivity index (χ2v) is 6.56. The third-order valence-corrected chi connectivity index (χ3v) is 4.82. The minimum atomic E-state index is 0.827. The summed E-state index contributed by atoms with van der Waals surface area (Å²) >= 11 is 0. The van der Waals surface area contributed by atoms with Crippen LogP contribution in [0.1, 0.15) is 37.3 Å². The largest absolute Gasteiger partial charge is 0.313 e. The van der Waals surface area contributed by atoms with E-state index in [2.05, 4.69) is 46.3 Å². The summed E-state index contributed by atoms with van der Waals surface area (Å²) in [4.78, 5) is 5.33. The maximum Gasteiger partial charge on any atom is 0.0235 e. The fourth-order valence-corrected chi connectivity index (χ4v) is 3.70. The minimum absolute atomic E-state index is 0.827. The normalized spacial score (nSPS) is 23.4. The Morgan fingerprint density at radius 1 is 1.19 bits per heavy atom. The molecule has 3 nitrogen and oxygen atoms in total. The highest BCUT2D eigenvalue weighted by molar-refractivity contribution is 5.23. The molecule has 1 aromatic carbocycles. The molecule has 3 rings (SSSR count). The predicted octanol–water partition coefficient (Wildman–Crippen LogP) is 2.47. The van der Waals surface area contributed by atoms with Crippen LogP contribution in [0.15, 0.2) is 24.3 Å². The summed E-state index contributed by atoms with van der Waals surface area (Å²) in [5.74, 6) is 0. The molecule has 3 heteroatoms. The lowest BCUT2D eigenvalue weighted by Crippen LogP contribution is -2.49. The van der Waals surface area contributed by atoms with Gasteiger partial charge in [0.25, 0.3) is 0 Å². The second kappa shape index (κ2) is 7.39. The van der Waals surface area contributed by atoms with E-state index in [9.17, 15) is 0 Å². The molecule has 0 aliphatic carbocycles. The fourth-order valence-electron chi connectivity index (χ4n) is 3.70. The van der Waals surface area contributed by atoms with E-state index in [0.29, 0.717) is 0 Å². The van der Waals surface area contributed by atoms with E-state index < -0.39 is 0 Å². The van der Waals surface area contributed by atoms with Crippen LogP contribution in [0.2, 0.25) is 0 Å². The highest BCUT2D eigenvalue weighted by atomic mass is 15.3. The molecular formula is C18H29N3. The first-order chi connectivity index (χ1) is 10.3. The Hall–Kier alpha value is -0.900. The summed E-state index contributed by atoms with van der Waals surface area (Å²) in [5, 5.41) is 3.49. The van der Waals surface area contributed by atoms with Crippen molar-refractivity contribution in [3.63, 3.8) is 0 Å². The summed E-state index contributed by atoms with van der Waals surface area (Å²) in [7, 11) is 0. The first kappa shape index (κ1) is 15.0. The Morgan fingerprint density at radius 2 is 2.10 bits per heavy atom. The average molecular weight is 287 g/mol. The number of nitrogens with zero attached hydrogens (tertiary/aromatic N) is 2. The second-order valence-electron chi connectivity index (χ2n) is 6.56. The van der Waals surface area contributed by atoms with Crippen molar-refractivity contribution in [3.8, 4) is 0 Å². The maximum atomic E-state index is 3.49. The Kier molecular flexibility index (Phi) is 5.28. The molecule has 2 aliphatic heterocycles. The number of rotatable bonds is 6. The van der Waals surface area contributed by atoms with Gasteiger partial charge in [-0.1, -0.05) is 31.2 Å². The fraction of sp³-hybridized carbons (Fsp3) is 0.667. The zero-order valence-electron chi connectivity index (χ0n) is 13.4. The van der Waals surface area contributed by atoms with Crippen molar-refractivity contribution in [2.75, 3.05) is 32.7 Å². The Morgan fingerprint density at radius 3 is 3.00 bits per heavy atom. The van der Waals surface area contributed by atoms with Crippen LogP contribution in [0.25, 0.3) is 0 Å². The van der Waals surface area contributed by atoms with Crippen molar-refractivity contribution in [2.45, 2.75) is 45.3 Å². The number of hydrogen-bond acceptors (Lipinski definition) is 3. The molecule has 0 saturated carbocycles. The standard InChI is InChI=1S/C18H29N3/c1-2-8-19-13-16-5-3-6-17(12-16)14-20-10-11-21-9-4-7-18(21)15-20/h3,5-6,12,18-19H,2,4,7-11,13-15H2,1H3. The van der Waals surface area contributed by atoms with Crippen molar-refractivity contribution < 1.29 is 0 Å². The monoisotopic (exact) mass is 287 g/mol. The van der Waals surface area contributed by atoms with E-state index in [1.54, 1.807) is 0 Å². The summed E-state index contributed by atoms with van der Waals surface area (Å²) in [6.45, 7) is 10.5. The summed E-state index contributed by atoms with van der Waals surface area (Å²) < 4.78 is 0. The van der Waals surface area contributed by atoms with Crippen molar-refractivity contribution in [3.05, 3.63) is 35.4 Å². The van der Waals surface area contributed by atoms with Crippen LogP contribution in [-0.4, -0.2) is 48.6 Å². The predicted molar refractivity (Wildman–Crippen MR) is 88.3 cm³/mol. The van der Waals surface area contributed by atoms with Gasteiger partial charge in [0.15, 0.2) is 0 Å². The summed E-state index contributed by atoms with van der Waals surface area (Å²) in [6, 6.07) is 9.94. The van der Waals surface area contributed by atoms with Gasteiger partial charge < -0.3 is 5.32 Å². The van der Waals surface area contributed by atoms with Crippen LogP contribution in [-0.2, 0) is 13.1 Å². The average Bonchev–Trinajstić information content (AvgIpc) is 2.95. The van der Waals surface area contributed by atoms with Gasteiger partial charge in [-0.25, -0.2) is 0 Å². The van der Waals surface area contributed by atoms with Crippen LogP contribution in [0, 0.1) is 0 Å². The molecule has 1 atom stereocenters. The minimum Gasteiger partial charge on any atom is -0.313 e. The quantitative estimate of drug-likeness (QED) is 0.811. The van der Waals surface area contributed by atoms with Crippen molar-refractivity contribution in [1.82, 2.24) is 15.1 Å². The lowest BCUT2D eigenvalue weighted by Gasteiger charge is -2.37. The van der Waals surface area contributed by atoms with E-state index in [1.807, 2.05) is 0 Å². The molecule has 2 heterocycles. The molecule has 0 spiro atoms. The molecule has 116 valence electrons. The zero-order valence-corrected chi connectivity index (χ0v) is 13.4. The first-order valence-corrected chi connectivity index (χ1v) is 8.60. The van der Waals surface area contributed by atoms with Crippen LogP contribution >= 0.6 is 0 Å². The van der Waals surface area contributed by atoms with Gasteiger partial charge in [0.05, 0.1) is 0 Å². The maximum absolute atomic E-state index is 3.49. The molecule has 0 bridgehead atoms. The van der Waals surface area contributed by atoms with Gasteiger partial charge >= 0.3 is 0 Å². The lowest BCUT2D eigenvalue weighted by molar-refractivity contribution is 0.0993. The van der Waals surface area contributed by atoms with E-state index in [0.717, 1.165) is 25.7 Å². The molecule has 21 heavy (non-hydrogen) atoms. The topological polar surface area (TPSA) is 18.5 Å². The van der Waals surface area contributed by atoms with Crippen molar-refractivity contribution in [2.24, 2.45) is 0 Å². The Balaban J connectivity index is 1.53. The van der Waals surface area contributed by atoms with Gasteiger partial charge in [0.1, 0.15) is 0 Å². The number of benzene rings is 1. The smallest absolute Gasteiger partial charge is 0.0235 e. The molecule has 2 saturated heterocycles. The SMILES string of the molecule is CCCNCc1cccc(CN2CCN3CCCC3C2)c1. The molecule has 2 fully saturated rings. The van der Waals surface area contributed by atoms with Gasteiger partial charge in [0.2, 0.25) is 0 Å². The Bertz CT molecular complexity index is 446. The van der Waals surface area contributed by atoms with E-state index in [4.69, 9.17) is 0 Å². The summed E-state index contributed by atoms with van der Waals surface area (Å²) in [6.07, 6.45) is 4.00. The van der Waals surface area contributed by atoms with Gasteiger partial charge in [-0.15, -0.1) is 0 Å². The highest BCUT2D eigenvalue weighted by Gasteiger charge is 2.30. The van der Waals surface area contributed by atoms with E-state index in [-0.39, 0.29) is 0 Å². The third kappa shape index (κ3) is 4.06. The van der Waals surface area contributed by atoms with Gasteiger partial charge in [0, 0.05) is 38.8 Å². The highest BCUT2D eigenvalue weighted by Crippen LogP contribution is 2.22. The number of piperazine rings is 1. The van der Waals surface area contributed by atoms with Crippen molar-refractivity contribution >= 4 is 0 Å². The Labute approximate surface area is 129 Å². The molecule has 1 aromatic rings. The number of nitrogens with one attached hydrogen (secondary N) is 1. The molecule has 1 N–H and O–H groups in total. The van der Waals surface area contributed by atoms with Crippen molar-refractivity contribution in [1.29, 1.82) is 0 Å². The molecule has 0 amide bonds. The molecule has 0 aromatic heterocycles. The molecular weight excluding hydrogens is 258 g/mol. The van der Waals surface area contributed by atoms with E-state index in [1.165, 1.54) is 56.6 Å². The van der Waals surface area contributed by atoms with Crippen LogP contribution in [0.4, 0.5) is 0 Å². The zero-order chi connectivity index (χ0) is 14.5. The van der Waals surface area contributed by atoms with Gasteiger partial charge in [-0.05, 0) is 43.5 Å². The number of fused-ring (bicyclic) bond motifs is 1. The van der Waals surface area contributed by atoms with Crippen LogP contribution in [0.5, 0.6) is 0 Å². The van der Waals surface area contributed by atoms with Crippen LogP contribution < -0.4 is 5.32 Å². The van der Waals surface area contributed by atoms with Gasteiger partial charge in [-0.2, -0.15) is 0 Å². The molecule has 2 aliphatic rings. The third-order valence-electron chi connectivity index (χ3n) is 4.82. The van der Waals surface area contributed by atoms with Gasteiger partial charge in [-0.3, -0.25) is 9.80 Å². The first-order valence-electron chi connectivity index (χ1n) is 8.60. The number of hydrogen-bond donors (Lipinski definition) is 1. The molecule has 1 unspecified atom stereocenters. The molecule has 0 radical (unpaired) electrons. The van der Waals surface area contributed by atoms with E-state index >= 15 is 0 Å².